The van der Waals surface area contributed by atoms with Gasteiger partial charge in [0, 0.05) is 37.6 Å². The molecule has 0 saturated carbocycles. The largest absolute Gasteiger partial charge is 0.378 e. The lowest BCUT2D eigenvalue weighted by atomic mass is 10.1. The van der Waals surface area contributed by atoms with Crippen molar-refractivity contribution in [1.82, 2.24) is 15.5 Å². The molecule has 0 atom stereocenters. The number of aromatic amines is 1. The first-order chi connectivity index (χ1) is 9.97. The molecule has 0 aliphatic rings. The Labute approximate surface area is 125 Å². The van der Waals surface area contributed by atoms with Gasteiger partial charge in [0.05, 0.1) is 12.1 Å². The van der Waals surface area contributed by atoms with Gasteiger partial charge in [-0.3, -0.25) is 9.89 Å². The topological polar surface area (TPSA) is 61.0 Å². The monoisotopic (exact) mass is 286 g/mol. The number of carbonyl (C=O) groups is 1. The summed E-state index contributed by atoms with van der Waals surface area (Å²) < 4.78 is 0. The highest BCUT2D eigenvalue weighted by Crippen LogP contribution is 2.12. The molecule has 0 aliphatic heterocycles. The van der Waals surface area contributed by atoms with E-state index in [1.54, 1.807) is 0 Å². The minimum Gasteiger partial charge on any atom is -0.378 e. The van der Waals surface area contributed by atoms with E-state index in [2.05, 4.69) is 15.5 Å². The molecule has 2 N–H and O–H groups in total. The molecule has 0 unspecified atom stereocenters. The Morgan fingerprint density at radius 2 is 1.90 bits per heavy atom. The van der Waals surface area contributed by atoms with Crippen molar-refractivity contribution in [1.29, 1.82) is 0 Å². The van der Waals surface area contributed by atoms with Crippen molar-refractivity contribution in [2.24, 2.45) is 0 Å². The molecule has 0 saturated heterocycles. The van der Waals surface area contributed by atoms with Crippen LogP contribution in [0.1, 0.15) is 22.5 Å². The number of aromatic nitrogens is 2. The second kappa shape index (κ2) is 6.43. The third-order valence-corrected chi connectivity index (χ3v) is 3.56. The molecule has 0 radical (unpaired) electrons. The van der Waals surface area contributed by atoms with E-state index in [0.717, 1.165) is 28.2 Å². The Morgan fingerprint density at radius 1 is 1.24 bits per heavy atom. The van der Waals surface area contributed by atoms with Gasteiger partial charge in [-0.25, -0.2) is 0 Å². The van der Waals surface area contributed by atoms with Crippen LogP contribution in [0.25, 0.3) is 0 Å². The van der Waals surface area contributed by atoms with Crippen LogP contribution in [-0.2, 0) is 17.8 Å². The molecule has 5 heteroatoms. The number of anilines is 1. The summed E-state index contributed by atoms with van der Waals surface area (Å²) in [6, 6.07) is 8.16. The molecule has 5 nitrogen and oxygen atoms in total. The van der Waals surface area contributed by atoms with Crippen LogP contribution in [0.3, 0.4) is 0 Å². The van der Waals surface area contributed by atoms with Crippen molar-refractivity contribution in [3.8, 4) is 0 Å². The van der Waals surface area contributed by atoms with Gasteiger partial charge in [0.1, 0.15) is 0 Å². The van der Waals surface area contributed by atoms with E-state index in [-0.39, 0.29) is 5.91 Å². The highest BCUT2D eigenvalue weighted by Gasteiger charge is 2.11. The van der Waals surface area contributed by atoms with E-state index < -0.39 is 0 Å². The molecule has 0 bridgehead atoms. The maximum Gasteiger partial charge on any atom is 0.224 e. The number of hydrogen-bond acceptors (Lipinski definition) is 3. The van der Waals surface area contributed by atoms with Crippen LogP contribution >= 0.6 is 0 Å². The lowest BCUT2D eigenvalue weighted by Gasteiger charge is -2.13. The van der Waals surface area contributed by atoms with Crippen LogP contribution in [0, 0.1) is 13.8 Å². The summed E-state index contributed by atoms with van der Waals surface area (Å²) >= 11 is 0. The Morgan fingerprint density at radius 3 is 2.43 bits per heavy atom. The van der Waals surface area contributed by atoms with E-state index >= 15 is 0 Å². The molecule has 112 valence electrons. The maximum atomic E-state index is 12.0. The van der Waals surface area contributed by atoms with Gasteiger partial charge in [0.2, 0.25) is 5.91 Å². The van der Waals surface area contributed by atoms with Crippen molar-refractivity contribution in [3.05, 3.63) is 46.8 Å². The second-order valence-electron chi connectivity index (χ2n) is 5.43. The zero-order valence-electron chi connectivity index (χ0n) is 13.0. The van der Waals surface area contributed by atoms with E-state index in [0.29, 0.717) is 13.0 Å². The first-order valence-electron chi connectivity index (χ1n) is 7.00. The zero-order valence-corrected chi connectivity index (χ0v) is 13.0. The number of nitrogens with one attached hydrogen (secondary N) is 2. The molecule has 0 fully saturated rings. The average molecular weight is 286 g/mol. The van der Waals surface area contributed by atoms with Gasteiger partial charge < -0.3 is 10.2 Å². The molecule has 1 aromatic carbocycles. The highest BCUT2D eigenvalue weighted by atomic mass is 16.1. The van der Waals surface area contributed by atoms with E-state index in [1.165, 1.54) is 0 Å². The maximum absolute atomic E-state index is 12.0. The second-order valence-corrected chi connectivity index (χ2v) is 5.43. The Bertz CT molecular complexity index is 594. The Kier molecular flexibility index (Phi) is 4.62. The van der Waals surface area contributed by atoms with E-state index in [1.807, 2.05) is 57.1 Å². The minimum atomic E-state index is 0.0132. The normalized spacial score (nSPS) is 10.5. The molecule has 1 aromatic heterocycles. The van der Waals surface area contributed by atoms with Crippen molar-refractivity contribution in [2.45, 2.75) is 26.8 Å². The Balaban J connectivity index is 1.89. The van der Waals surface area contributed by atoms with Crippen molar-refractivity contribution >= 4 is 11.6 Å². The lowest BCUT2D eigenvalue weighted by Crippen LogP contribution is -2.25. The third-order valence-electron chi connectivity index (χ3n) is 3.56. The van der Waals surface area contributed by atoms with Gasteiger partial charge in [-0.2, -0.15) is 5.10 Å². The van der Waals surface area contributed by atoms with Crippen LogP contribution in [-0.4, -0.2) is 30.2 Å². The standard InChI is InChI=1S/C16H22N4O/c1-11-15(12(2)19-18-11)9-16(21)17-10-13-5-7-14(8-6-13)20(3)4/h5-8H,9-10H2,1-4H3,(H,17,21)(H,18,19). The number of nitrogens with zero attached hydrogens (tertiary/aromatic N) is 2. The molecule has 1 heterocycles. The minimum absolute atomic E-state index is 0.0132. The summed E-state index contributed by atoms with van der Waals surface area (Å²) in [5.74, 6) is 0.0132. The van der Waals surface area contributed by atoms with Crippen molar-refractivity contribution in [2.75, 3.05) is 19.0 Å². The molecule has 1 amide bonds. The summed E-state index contributed by atoms with van der Waals surface area (Å²) in [5.41, 5.74) is 5.07. The summed E-state index contributed by atoms with van der Waals surface area (Å²) in [6.45, 7) is 4.39. The van der Waals surface area contributed by atoms with Crippen LogP contribution in [0.4, 0.5) is 5.69 Å². The summed E-state index contributed by atoms with van der Waals surface area (Å²) in [5, 5.41) is 9.95. The first-order valence-corrected chi connectivity index (χ1v) is 7.00. The van der Waals surface area contributed by atoms with Crippen LogP contribution in [0.2, 0.25) is 0 Å². The van der Waals surface area contributed by atoms with Crippen molar-refractivity contribution < 1.29 is 4.79 Å². The zero-order chi connectivity index (χ0) is 15.4. The Hall–Kier alpha value is -2.30. The fraction of sp³-hybridized carbons (Fsp3) is 0.375. The number of aryl methyl sites for hydroxylation is 2. The third kappa shape index (κ3) is 3.84. The van der Waals surface area contributed by atoms with Gasteiger partial charge in [-0.15, -0.1) is 0 Å². The highest BCUT2D eigenvalue weighted by molar-refractivity contribution is 5.79. The van der Waals surface area contributed by atoms with Gasteiger partial charge >= 0.3 is 0 Å². The van der Waals surface area contributed by atoms with Crippen LogP contribution < -0.4 is 10.2 Å². The molecular formula is C16H22N4O. The molecule has 0 spiro atoms. The van der Waals surface area contributed by atoms with Gasteiger partial charge in [0.25, 0.3) is 0 Å². The molecule has 2 rings (SSSR count). The number of rotatable bonds is 5. The van der Waals surface area contributed by atoms with E-state index in [9.17, 15) is 4.79 Å². The van der Waals surface area contributed by atoms with Gasteiger partial charge in [-0.1, -0.05) is 12.1 Å². The average Bonchev–Trinajstić information content (AvgIpc) is 2.77. The van der Waals surface area contributed by atoms with Crippen LogP contribution in [0.15, 0.2) is 24.3 Å². The lowest BCUT2D eigenvalue weighted by molar-refractivity contribution is -0.120. The SMILES string of the molecule is Cc1n[nH]c(C)c1CC(=O)NCc1ccc(N(C)C)cc1. The number of benzene rings is 1. The fourth-order valence-corrected chi connectivity index (χ4v) is 2.17. The van der Waals surface area contributed by atoms with Crippen molar-refractivity contribution in [3.63, 3.8) is 0 Å². The molecule has 21 heavy (non-hydrogen) atoms. The van der Waals surface area contributed by atoms with Gasteiger partial charge in [-0.05, 0) is 31.5 Å². The number of carbonyl (C=O) groups excluding carboxylic acids is 1. The van der Waals surface area contributed by atoms with Gasteiger partial charge in [0.15, 0.2) is 0 Å². The first kappa shape index (κ1) is 15.1. The summed E-state index contributed by atoms with van der Waals surface area (Å²) in [7, 11) is 4.01. The molecular weight excluding hydrogens is 264 g/mol. The number of H-pyrrole nitrogens is 1. The summed E-state index contributed by atoms with van der Waals surface area (Å²) in [6.07, 6.45) is 0.365. The molecule has 0 aliphatic carbocycles. The molecule has 2 aromatic rings. The smallest absolute Gasteiger partial charge is 0.224 e. The van der Waals surface area contributed by atoms with Crippen LogP contribution in [0.5, 0.6) is 0 Å². The summed E-state index contributed by atoms with van der Waals surface area (Å²) in [4.78, 5) is 14.1. The predicted molar refractivity (Wildman–Crippen MR) is 84.4 cm³/mol. The quantitative estimate of drug-likeness (QED) is 0.883. The predicted octanol–water partition coefficient (Wildman–Crippen LogP) is 1.95. The number of amides is 1. The number of hydrogen-bond donors (Lipinski definition) is 2. The van der Waals surface area contributed by atoms with E-state index in [4.69, 9.17) is 0 Å². The fourth-order valence-electron chi connectivity index (χ4n) is 2.17.